The molecule has 19 heteroatoms. The number of anilines is 1. The summed E-state index contributed by atoms with van der Waals surface area (Å²) in [5.41, 5.74) is 5.95. The van der Waals surface area contributed by atoms with Gasteiger partial charge in [-0.05, 0) is 205 Å². The lowest BCUT2D eigenvalue weighted by Gasteiger charge is -2.31. The molecule has 354 valence electrons. The van der Waals surface area contributed by atoms with Crippen LogP contribution in [0.15, 0.2) is 84.6 Å². The van der Waals surface area contributed by atoms with Gasteiger partial charge >= 0.3 is 0 Å². The van der Waals surface area contributed by atoms with Crippen molar-refractivity contribution in [1.29, 1.82) is 0 Å². The third-order valence-corrected chi connectivity index (χ3v) is 24.4. The summed E-state index contributed by atoms with van der Waals surface area (Å²) in [7, 11) is -8.44. The van der Waals surface area contributed by atoms with Crippen LogP contribution in [0.25, 0.3) is 0 Å². The number of benzene rings is 3. The Morgan fingerprint density at radius 1 is 0.833 bits per heavy atom. The lowest BCUT2D eigenvalue weighted by Crippen LogP contribution is -2.42. The highest BCUT2D eigenvalue weighted by atomic mass is 127. The number of allylic oxidation sites excluding steroid dienone is 8. The Bertz CT molecular complexity index is 2840. The van der Waals surface area contributed by atoms with E-state index in [4.69, 9.17) is 0 Å². The third kappa shape index (κ3) is 11.5. The van der Waals surface area contributed by atoms with E-state index in [-0.39, 0.29) is 36.3 Å². The van der Waals surface area contributed by atoms with Crippen molar-refractivity contribution in [2.75, 3.05) is 36.0 Å². The second kappa shape index (κ2) is 22.0. The summed E-state index contributed by atoms with van der Waals surface area (Å²) in [6, 6.07) is 11.3. The first-order chi connectivity index (χ1) is 30.8. The number of likely N-dealkylation sites (tertiary alicyclic amines) is 1. The van der Waals surface area contributed by atoms with Crippen molar-refractivity contribution < 1.29 is 40.1 Å². The third-order valence-electron chi connectivity index (χ3n) is 12.7. The molecule has 3 unspecified atom stereocenters. The SMILES string of the molecule is CCC(C)C(=O)C1CCCN1C(=O)c1ccc(C2(C)/C(=C/C=C/C=C/C=C/C3=[N+](CCCS(=O)(=O)O)c4cc(I)c(I)c(I)c4C3(C)C)N(CCS(=O)(=O)O)c3cc(I)c(I)c(I)c32)cc1. The molecule has 11 nitrogen and oxygen atoms in total. The highest BCUT2D eigenvalue weighted by Crippen LogP contribution is 2.55. The molecule has 3 aromatic carbocycles. The fourth-order valence-corrected chi connectivity index (χ4v) is 15.4. The molecule has 1 amide bonds. The first-order valence-electron chi connectivity index (χ1n) is 21.2. The molecule has 0 aliphatic carbocycles. The van der Waals surface area contributed by atoms with Crippen molar-refractivity contribution in [3.8, 4) is 0 Å². The largest absolute Gasteiger partial charge is 0.342 e. The van der Waals surface area contributed by atoms with Gasteiger partial charge in [0, 0.05) is 81.5 Å². The Balaban J connectivity index is 1.37. The summed E-state index contributed by atoms with van der Waals surface area (Å²) in [6.45, 7) is 11.3. The number of Topliss-reactive ketones (excluding diaryl/α,β-unsaturated/α-hetero) is 1. The number of fused-ring (bicyclic) bond motifs is 2. The fourth-order valence-electron chi connectivity index (χ4n) is 9.16. The van der Waals surface area contributed by atoms with Crippen molar-refractivity contribution in [2.24, 2.45) is 5.92 Å². The maximum Gasteiger partial charge on any atom is 0.266 e. The van der Waals surface area contributed by atoms with Crippen molar-refractivity contribution >= 4 is 185 Å². The molecular formula is C47H50I6N3O8S2+. The lowest BCUT2D eigenvalue weighted by molar-refractivity contribution is -0.437. The van der Waals surface area contributed by atoms with Crippen LogP contribution in [-0.4, -0.2) is 90.0 Å². The molecule has 66 heavy (non-hydrogen) atoms. The van der Waals surface area contributed by atoms with Gasteiger partial charge in [-0.25, -0.2) is 0 Å². The first-order valence-corrected chi connectivity index (χ1v) is 30.9. The van der Waals surface area contributed by atoms with Crippen LogP contribution in [0.4, 0.5) is 11.4 Å². The number of hydrogen-bond donors (Lipinski definition) is 2. The quantitative estimate of drug-likeness (QED) is 0.0469. The Kier molecular flexibility index (Phi) is 18.3. The summed E-state index contributed by atoms with van der Waals surface area (Å²) in [6.07, 6.45) is 16.0. The van der Waals surface area contributed by atoms with E-state index in [1.54, 1.807) is 4.90 Å². The number of nitrogens with zero attached hydrogens (tertiary/aromatic N) is 3. The van der Waals surface area contributed by atoms with E-state index >= 15 is 0 Å². The van der Waals surface area contributed by atoms with Crippen LogP contribution >= 0.6 is 136 Å². The highest BCUT2D eigenvalue weighted by Gasteiger charge is 2.48. The molecule has 6 rings (SSSR count). The Labute approximate surface area is 470 Å². The van der Waals surface area contributed by atoms with E-state index in [0.29, 0.717) is 25.1 Å². The van der Waals surface area contributed by atoms with Crippen molar-refractivity contribution in [3.05, 3.63) is 128 Å². The predicted molar refractivity (Wildman–Crippen MR) is 314 cm³/mol. The van der Waals surface area contributed by atoms with Crippen LogP contribution in [0.3, 0.4) is 0 Å². The zero-order valence-corrected chi connectivity index (χ0v) is 51.4. The van der Waals surface area contributed by atoms with E-state index in [9.17, 15) is 35.5 Å². The van der Waals surface area contributed by atoms with Crippen LogP contribution in [-0.2, 0) is 35.9 Å². The van der Waals surface area contributed by atoms with Crippen LogP contribution in [0.5, 0.6) is 0 Å². The molecule has 3 aliphatic heterocycles. The number of halogens is 6. The van der Waals surface area contributed by atoms with Gasteiger partial charge < -0.3 is 9.80 Å². The van der Waals surface area contributed by atoms with Crippen molar-refractivity contribution in [2.45, 2.75) is 77.2 Å². The average Bonchev–Trinajstić information content (AvgIpc) is 3.89. The minimum atomic E-state index is -4.32. The minimum absolute atomic E-state index is 0.00187. The molecular weight excluding hydrogens is 1560 g/mol. The molecule has 0 spiro atoms. The van der Waals surface area contributed by atoms with Crippen molar-refractivity contribution in [3.63, 3.8) is 0 Å². The number of rotatable bonds is 16. The van der Waals surface area contributed by atoms with Gasteiger partial charge in [0.15, 0.2) is 11.5 Å². The molecule has 0 saturated carbocycles. The summed E-state index contributed by atoms with van der Waals surface area (Å²) < 4.78 is 75.9. The smallest absolute Gasteiger partial charge is 0.266 e. The molecule has 2 N–H and O–H groups in total. The van der Waals surface area contributed by atoms with E-state index < -0.39 is 42.9 Å². The van der Waals surface area contributed by atoms with Gasteiger partial charge in [-0.1, -0.05) is 56.4 Å². The maximum absolute atomic E-state index is 14.0. The molecule has 0 radical (unpaired) electrons. The van der Waals surface area contributed by atoms with E-state index in [0.717, 1.165) is 68.2 Å². The van der Waals surface area contributed by atoms with Crippen LogP contribution in [0, 0.1) is 27.3 Å². The molecule has 0 bridgehead atoms. The summed E-state index contributed by atoms with van der Waals surface area (Å²) >= 11 is 14.1. The number of carbonyl (C=O) groups is 2. The normalized spacial score (nSPS) is 20.7. The zero-order valence-electron chi connectivity index (χ0n) is 36.8. The minimum Gasteiger partial charge on any atom is -0.342 e. The van der Waals surface area contributed by atoms with Gasteiger partial charge in [0.05, 0.1) is 33.9 Å². The summed E-state index contributed by atoms with van der Waals surface area (Å²) in [4.78, 5) is 30.9. The zero-order chi connectivity index (χ0) is 48.7. The average molecular weight is 1610 g/mol. The topological polar surface area (TPSA) is 152 Å². The summed E-state index contributed by atoms with van der Waals surface area (Å²) in [5.74, 6) is -1.02. The van der Waals surface area contributed by atoms with Gasteiger partial charge in [0.2, 0.25) is 5.69 Å². The molecule has 1 saturated heterocycles. The van der Waals surface area contributed by atoms with E-state index in [1.807, 2.05) is 91.6 Å². The lowest BCUT2D eigenvalue weighted by atomic mass is 9.75. The first kappa shape index (κ1) is 54.8. The second-order valence-electron chi connectivity index (χ2n) is 17.3. The van der Waals surface area contributed by atoms with Gasteiger partial charge in [0.25, 0.3) is 26.1 Å². The van der Waals surface area contributed by atoms with Gasteiger partial charge in [-0.2, -0.15) is 21.4 Å². The number of amides is 1. The Hall–Kier alpha value is -0.570. The highest BCUT2D eigenvalue weighted by molar-refractivity contribution is 14.1. The molecule has 3 aromatic rings. The standard InChI is InChI=1S/C47H49I6N3O8S2/c1-6-28(2)44(57)33-14-12-21-56(33)45(58)29-17-19-30(20-18-29)47(5)37(55(23-25-66(62,63)64)35-27-32(49)41(51)43(53)39(35)47)16-11-9-7-8-10-15-36-46(3,4)38-34(26-31(48)40(50)42(38)52)54(36)22-13-24-65(59,60)61/h7-11,15-20,26-28,33H,6,12-14,21-25H2,1-5H3,(H-,59,60,61,62,63,64)/p+1. The van der Waals surface area contributed by atoms with Gasteiger partial charge in [0.1, 0.15) is 6.54 Å². The predicted octanol–water partition coefficient (Wildman–Crippen LogP) is 11.5. The van der Waals surface area contributed by atoms with Crippen LogP contribution in [0.1, 0.15) is 87.4 Å². The number of ketones is 1. The van der Waals surface area contributed by atoms with Gasteiger partial charge in [-0.15, -0.1) is 0 Å². The second-order valence-corrected chi connectivity index (χ2v) is 27.0. The fraction of sp³-hybridized carbons (Fsp3) is 0.383. The summed E-state index contributed by atoms with van der Waals surface area (Å²) in [5, 5.41) is 0. The Morgan fingerprint density at radius 3 is 2.05 bits per heavy atom. The number of carbonyl (C=O) groups excluding carboxylic acids is 2. The molecule has 3 aliphatic rings. The maximum atomic E-state index is 14.0. The Morgan fingerprint density at radius 2 is 1.42 bits per heavy atom. The number of hydrogen-bond acceptors (Lipinski definition) is 7. The van der Waals surface area contributed by atoms with E-state index in [2.05, 4.69) is 167 Å². The molecule has 3 atom stereocenters. The van der Waals surface area contributed by atoms with Gasteiger partial charge in [-0.3, -0.25) is 18.7 Å². The molecule has 3 heterocycles. The van der Waals surface area contributed by atoms with E-state index in [1.165, 1.54) is 5.56 Å². The van der Waals surface area contributed by atoms with Crippen molar-refractivity contribution in [1.82, 2.24) is 4.90 Å². The molecule has 0 aromatic heterocycles. The monoisotopic (exact) mass is 1610 g/mol. The van der Waals surface area contributed by atoms with Crippen LogP contribution < -0.4 is 4.90 Å². The molecule has 1 fully saturated rings. The van der Waals surface area contributed by atoms with Crippen LogP contribution in [0.2, 0.25) is 0 Å².